The summed E-state index contributed by atoms with van der Waals surface area (Å²) < 4.78 is 9.95. The summed E-state index contributed by atoms with van der Waals surface area (Å²) in [6.45, 7) is 0.974. The Morgan fingerprint density at radius 1 is 1.23 bits per heavy atom. The van der Waals surface area contributed by atoms with Crippen molar-refractivity contribution in [2.24, 2.45) is 0 Å². The molecule has 0 atom stereocenters. The van der Waals surface area contributed by atoms with Crippen molar-refractivity contribution in [3.63, 3.8) is 0 Å². The number of furan rings is 1. The summed E-state index contributed by atoms with van der Waals surface area (Å²) in [6, 6.07) is 2.27. The Hall–Kier alpha value is -2.36. The molecule has 0 aliphatic heterocycles. The Labute approximate surface area is 133 Å². The van der Waals surface area contributed by atoms with Crippen LogP contribution in [0.5, 0.6) is 0 Å². The molecule has 1 aromatic rings. The lowest BCUT2D eigenvalue weighted by Gasteiger charge is -2.06. The summed E-state index contributed by atoms with van der Waals surface area (Å²) in [6.07, 6.45) is 0. The van der Waals surface area contributed by atoms with E-state index in [-0.39, 0.29) is 5.76 Å². The van der Waals surface area contributed by atoms with E-state index in [1.165, 1.54) is 12.1 Å². The Bertz CT molecular complexity index is 571. The molecule has 4 amide bonds. The van der Waals surface area contributed by atoms with Gasteiger partial charge in [0, 0.05) is 6.54 Å². The number of ether oxygens (including phenoxy) is 1. The van der Waals surface area contributed by atoms with Crippen molar-refractivity contribution in [1.82, 2.24) is 16.0 Å². The molecule has 0 saturated carbocycles. The average Bonchev–Trinajstić information content (AvgIpc) is 2.89. The monoisotopic (exact) mass is 375 g/mol. The van der Waals surface area contributed by atoms with Gasteiger partial charge in [-0.3, -0.25) is 19.7 Å². The number of amides is 4. The predicted molar refractivity (Wildman–Crippen MR) is 76.9 cm³/mol. The first-order valence-corrected chi connectivity index (χ1v) is 6.98. The van der Waals surface area contributed by atoms with Crippen LogP contribution in [-0.2, 0) is 14.3 Å². The van der Waals surface area contributed by atoms with Gasteiger partial charge in [0.15, 0.2) is 17.0 Å². The van der Waals surface area contributed by atoms with Crippen LogP contribution in [0.15, 0.2) is 21.2 Å². The average molecular weight is 376 g/mol. The highest BCUT2D eigenvalue weighted by molar-refractivity contribution is 9.10. The van der Waals surface area contributed by atoms with Crippen LogP contribution in [0.3, 0.4) is 0 Å². The maximum absolute atomic E-state index is 11.6. The minimum absolute atomic E-state index is 0.0219. The molecular weight excluding hydrogens is 362 g/mol. The van der Waals surface area contributed by atoms with Gasteiger partial charge in [-0.05, 0) is 35.0 Å². The molecule has 0 fully saturated rings. The molecule has 0 radical (unpaired) electrons. The molecule has 0 aliphatic rings. The Balaban J connectivity index is 2.24. The highest BCUT2D eigenvalue weighted by atomic mass is 79.9. The second kappa shape index (κ2) is 8.82. The fraction of sp³-hybridized carbons (Fsp3) is 0.333. The van der Waals surface area contributed by atoms with E-state index in [1.54, 1.807) is 6.92 Å². The van der Waals surface area contributed by atoms with Crippen molar-refractivity contribution in [3.8, 4) is 0 Å². The largest absolute Gasteiger partial charge is 0.454 e. The van der Waals surface area contributed by atoms with E-state index in [0.29, 0.717) is 11.2 Å². The number of urea groups is 1. The summed E-state index contributed by atoms with van der Waals surface area (Å²) >= 11 is 3.04. The molecule has 1 rings (SSSR count). The number of nitrogens with one attached hydrogen (secondary N) is 3. The molecule has 1 heterocycles. The van der Waals surface area contributed by atoms with Crippen LogP contribution >= 0.6 is 15.9 Å². The zero-order chi connectivity index (χ0) is 16.5. The second-order valence-corrected chi connectivity index (χ2v) is 4.64. The maximum atomic E-state index is 11.6. The van der Waals surface area contributed by atoms with Crippen molar-refractivity contribution in [2.45, 2.75) is 6.92 Å². The van der Waals surface area contributed by atoms with Crippen molar-refractivity contribution < 1.29 is 28.3 Å². The van der Waals surface area contributed by atoms with Crippen LogP contribution in [0, 0.1) is 0 Å². The number of hydrogen-bond donors (Lipinski definition) is 3. The standard InChI is InChI=1S/C12H14BrN3O6/c1-2-14-12(20)16-9(17)6-21-10(18)5-15-11(19)7-3-4-8(13)22-7/h3-4H,2,5-6H2,1H3,(H,15,19)(H2,14,16,17,20). The molecule has 0 unspecified atom stereocenters. The first kappa shape index (κ1) is 17.7. The molecule has 0 aliphatic carbocycles. The van der Waals surface area contributed by atoms with Gasteiger partial charge >= 0.3 is 12.0 Å². The van der Waals surface area contributed by atoms with E-state index in [1.807, 2.05) is 5.32 Å². The third-order valence-corrected chi connectivity index (χ3v) is 2.57. The highest BCUT2D eigenvalue weighted by Gasteiger charge is 2.14. The molecule has 0 aromatic carbocycles. The summed E-state index contributed by atoms with van der Waals surface area (Å²) in [5, 5.41) is 6.56. The van der Waals surface area contributed by atoms with Gasteiger partial charge in [0.2, 0.25) is 0 Å². The van der Waals surface area contributed by atoms with E-state index in [9.17, 15) is 19.2 Å². The third kappa shape index (κ3) is 6.39. The summed E-state index contributed by atoms with van der Waals surface area (Å²) in [5.41, 5.74) is 0. The van der Waals surface area contributed by atoms with E-state index in [2.05, 4.69) is 31.3 Å². The van der Waals surface area contributed by atoms with E-state index < -0.39 is 37.0 Å². The number of hydrogen-bond acceptors (Lipinski definition) is 6. The number of esters is 1. The minimum atomic E-state index is -0.829. The molecule has 0 spiro atoms. The molecule has 9 nitrogen and oxygen atoms in total. The van der Waals surface area contributed by atoms with Gasteiger partial charge in [-0.25, -0.2) is 4.79 Å². The van der Waals surface area contributed by atoms with Crippen LogP contribution in [0.4, 0.5) is 4.79 Å². The normalized spacial score (nSPS) is 9.73. The van der Waals surface area contributed by atoms with Gasteiger partial charge in [-0.15, -0.1) is 0 Å². The van der Waals surface area contributed by atoms with E-state index >= 15 is 0 Å². The fourth-order valence-electron chi connectivity index (χ4n) is 1.24. The number of rotatable bonds is 6. The Morgan fingerprint density at radius 3 is 2.55 bits per heavy atom. The number of imide groups is 1. The van der Waals surface area contributed by atoms with Crippen LogP contribution in [-0.4, -0.2) is 43.5 Å². The maximum Gasteiger partial charge on any atom is 0.325 e. The lowest BCUT2D eigenvalue weighted by Crippen LogP contribution is -2.41. The summed E-state index contributed by atoms with van der Waals surface area (Å²) in [7, 11) is 0. The fourth-order valence-corrected chi connectivity index (χ4v) is 1.55. The third-order valence-electron chi connectivity index (χ3n) is 2.14. The van der Waals surface area contributed by atoms with E-state index in [4.69, 9.17) is 4.42 Å². The zero-order valence-electron chi connectivity index (χ0n) is 11.6. The van der Waals surface area contributed by atoms with E-state index in [0.717, 1.165) is 0 Å². The molecule has 3 N–H and O–H groups in total. The van der Waals surface area contributed by atoms with Gasteiger partial charge in [0.05, 0.1) is 0 Å². The molecule has 0 saturated heterocycles. The first-order chi connectivity index (χ1) is 10.4. The van der Waals surface area contributed by atoms with Gasteiger partial charge in [0.25, 0.3) is 11.8 Å². The summed E-state index contributed by atoms with van der Waals surface area (Å²) in [4.78, 5) is 45.2. The van der Waals surface area contributed by atoms with Crippen molar-refractivity contribution in [2.75, 3.05) is 19.7 Å². The first-order valence-electron chi connectivity index (χ1n) is 6.19. The van der Waals surface area contributed by atoms with Gasteiger partial charge in [-0.1, -0.05) is 0 Å². The topological polar surface area (TPSA) is 127 Å². The molecule has 10 heteroatoms. The molecule has 0 bridgehead atoms. The van der Waals surface area contributed by atoms with Gasteiger partial charge in [0.1, 0.15) is 6.54 Å². The lowest BCUT2D eigenvalue weighted by atomic mass is 10.4. The SMILES string of the molecule is CCNC(=O)NC(=O)COC(=O)CNC(=O)c1ccc(Br)o1. The van der Waals surface area contributed by atoms with Gasteiger partial charge < -0.3 is 19.8 Å². The Kier molecular flexibility index (Phi) is 7.09. The highest BCUT2D eigenvalue weighted by Crippen LogP contribution is 2.13. The zero-order valence-corrected chi connectivity index (χ0v) is 13.2. The minimum Gasteiger partial charge on any atom is -0.454 e. The molecule has 1 aromatic heterocycles. The van der Waals surface area contributed by atoms with Crippen molar-refractivity contribution in [1.29, 1.82) is 0 Å². The number of carbonyl (C=O) groups is 4. The van der Waals surface area contributed by atoms with Gasteiger partial charge in [-0.2, -0.15) is 0 Å². The molecular formula is C12H14BrN3O6. The van der Waals surface area contributed by atoms with Crippen LogP contribution < -0.4 is 16.0 Å². The van der Waals surface area contributed by atoms with Crippen LogP contribution in [0.2, 0.25) is 0 Å². The molecule has 22 heavy (non-hydrogen) atoms. The smallest absolute Gasteiger partial charge is 0.325 e. The molecule has 120 valence electrons. The lowest BCUT2D eigenvalue weighted by molar-refractivity contribution is -0.147. The van der Waals surface area contributed by atoms with Crippen LogP contribution in [0.25, 0.3) is 0 Å². The predicted octanol–water partition coefficient (Wildman–Crippen LogP) is 0.161. The summed E-state index contributed by atoms with van der Waals surface area (Å²) in [5.74, 6) is -2.19. The Morgan fingerprint density at radius 2 is 1.95 bits per heavy atom. The number of halogens is 1. The second-order valence-electron chi connectivity index (χ2n) is 3.85. The van der Waals surface area contributed by atoms with Crippen molar-refractivity contribution >= 4 is 39.7 Å². The van der Waals surface area contributed by atoms with Crippen molar-refractivity contribution in [3.05, 3.63) is 22.6 Å². The quantitative estimate of drug-likeness (QED) is 0.607. The number of carbonyl (C=O) groups excluding carboxylic acids is 4. The van der Waals surface area contributed by atoms with Crippen LogP contribution in [0.1, 0.15) is 17.5 Å².